The van der Waals surface area contributed by atoms with E-state index in [1.54, 1.807) is 0 Å². The fourth-order valence-electron chi connectivity index (χ4n) is 2.42. The molecule has 0 radical (unpaired) electrons. The molecule has 0 aromatic carbocycles. The van der Waals surface area contributed by atoms with Crippen LogP contribution >= 0.6 is 0 Å². The molecule has 0 saturated carbocycles. The first kappa shape index (κ1) is 13.5. The fraction of sp³-hybridized carbons (Fsp3) is 0.923. The van der Waals surface area contributed by atoms with Crippen molar-refractivity contribution >= 4 is 5.91 Å². The van der Waals surface area contributed by atoms with Crippen LogP contribution in [0.25, 0.3) is 0 Å². The maximum atomic E-state index is 11.9. The molecule has 1 saturated heterocycles. The van der Waals surface area contributed by atoms with Crippen LogP contribution in [-0.4, -0.2) is 36.5 Å². The van der Waals surface area contributed by atoms with Gasteiger partial charge in [-0.3, -0.25) is 4.79 Å². The first-order chi connectivity index (χ1) is 7.69. The molecule has 1 aliphatic heterocycles. The van der Waals surface area contributed by atoms with Gasteiger partial charge in [0.15, 0.2) is 0 Å². The first-order valence-electron chi connectivity index (χ1n) is 6.70. The SMILES string of the molecule is CCCCC(=O)N1CCC(NCC)C(C)C1. The third-order valence-electron chi connectivity index (χ3n) is 3.47. The highest BCUT2D eigenvalue weighted by Gasteiger charge is 2.27. The number of nitrogens with zero attached hydrogens (tertiary/aromatic N) is 1. The van der Waals surface area contributed by atoms with E-state index in [1.165, 1.54) is 0 Å². The number of likely N-dealkylation sites (tertiary alicyclic amines) is 1. The molecular formula is C13H26N2O. The number of amides is 1. The number of unbranched alkanes of at least 4 members (excludes halogenated alkanes) is 1. The Labute approximate surface area is 99.6 Å². The smallest absolute Gasteiger partial charge is 0.222 e. The van der Waals surface area contributed by atoms with E-state index < -0.39 is 0 Å². The molecule has 94 valence electrons. The molecular weight excluding hydrogens is 200 g/mol. The zero-order valence-corrected chi connectivity index (χ0v) is 11.0. The van der Waals surface area contributed by atoms with Gasteiger partial charge in [0.1, 0.15) is 0 Å². The number of hydrogen-bond acceptors (Lipinski definition) is 2. The molecule has 0 spiro atoms. The number of piperidine rings is 1. The summed E-state index contributed by atoms with van der Waals surface area (Å²) in [6.45, 7) is 9.41. The van der Waals surface area contributed by atoms with Gasteiger partial charge in [0, 0.05) is 25.6 Å². The van der Waals surface area contributed by atoms with Gasteiger partial charge < -0.3 is 10.2 Å². The van der Waals surface area contributed by atoms with Gasteiger partial charge in [-0.05, 0) is 25.3 Å². The third-order valence-corrected chi connectivity index (χ3v) is 3.47. The molecule has 16 heavy (non-hydrogen) atoms. The monoisotopic (exact) mass is 226 g/mol. The van der Waals surface area contributed by atoms with Gasteiger partial charge in [-0.25, -0.2) is 0 Å². The summed E-state index contributed by atoms with van der Waals surface area (Å²) in [6, 6.07) is 0.597. The lowest BCUT2D eigenvalue weighted by molar-refractivity contribution is -0.133. The van der Waals surface area contributed by atoms with E-state index in [0.29, 0.717) is 17.9 Å². The molecule has 0 bridgehead atoms. The Hall–Kier alpha value is -0.570. The highest BCUT2D eigenvalue weighted by Crippen LogP contribution is 2.17. The molecule has 0 aliphatic carbocycles. The predicted octanol–water partition coefficient (Wildman–Crippen LogP) is 2.02. The van der Waals surface area contributed by atoms with Crippen LogP contribution in [-0.2, 0) is 4.79 Å². The number of carbonyl (C=O) groups is 1. The first-order valence-corrected chi connectivity index (χ1v) is 6.70. The van der Waals surface area contributed by atoms with Crippen molar-refractivity contribution in [3.8, 4) is 0 Å². The Morgan fingerprint density at radius 2 is 2.19 bits per heavy atom. The molecule has 1 amide bonds. The summed E-state index contributed by atoms with van der Waals surface area (Å²) in [4.78, 5) is 13.9. The Morgan fingerprint density at radius 1 is 1.44 bits per heavy atom. The van der Waals surface area contributed by atoms with Crippen LogP contribution in [0.3, 0.4) is 0 Å². The van der Waals surface area contributed by atoms with Crippen molar-refractivity contribution in [3.05, 3.63) is 0 Å². The Morgan fingerprint density at radius 3 is 2.75 bits per heavy atom. The molecule has 1 heterocycles. The maximum Gasteiger partial charge on any atom is 0.222 e. The largest absolute Gasteiger partial charge is 0.342 e. The van der Waals surface area contributed by atoms with Gasteiger partial charge in [0.2, 0.25) is 5.91 Å². The van der Waals surface area contributed by atoms with Gasteiger partial charge in [0.25, 0.3) is 0 Å². The average Bonchev–Trinajstić information content (AvgIpc) is 2.29. The number of nitrogens with one attached hydrogen (secondary N) is 1. The molecule has 1 fully saturated rings. The van der Waals surface area contributed by atoms with Crippen LogP contribution in [0.4, 0.5) is 0 Å². The van der Waals surface area contributed by atoms with Crippen LogP contribution in [0.2, 0.25) is 0 Å². The van der Waals surface area contributed by atoms with E-state index in [1.807, 2.05) is 4.90 Å². The quantitative estimate of drug-likeness (QED) is 0.778. The minimum atomic E-state index is 0.351. The topological polar surface area (TPSA) is 32.3 Å². The molecule has 3 nitrogen and oxygen atoms in total. The van der Waals surface area contributed by atoms with E-state index in [0.717, 1.165) is 45.3 Å². The number of carbonyl (C=O) groups excluding carboxylic acids is 1. The molecule has 1 aliphatic rings. The van der Waals surface area contributed by atoms with Crippen molar-refractivity contribution in [2.24, 2.45) is 5.92 Å². The summed E-state index contributed by atoms with van der Waals surface area (Å²) in [5.74, 6) is 0.933. The Bertz CT molecular complexity index is 218. The Kier molecular flexibility index (Phi) is 5.81. The minimum absolute atomic E-state index is 0.351. The van der Waals surface area contributed by atoms with Crippen LogP contribution in [0.15, 0.2) is 0 Å². The Balaban J connectivity index is 2.35. The van der Waals surface area contributed by atoms with E-state index in [4.69, 9.17) is 0 Å². The summed E-state index contributed by atoms with van der Waals surface area (Å²) >= 11 is 0. The summed E-state index contributed by atoms with van der Waals surface area (Å²) < 4.78 is 0. The fourth-order valence-corrected chi connectivity index (χ4v) is 2.42. The van der Waals surface area contributed by atoms with Crippen molar-refractivity contribution in [2.75, 3.05) is 19.6 Å². The standard InChI is InChI=1S/C13H26N2O/c1-4-6-7-13(16)15-9-8-12(14-5-2)11(3)10-15/h11-12,14H,4-10H2,1-3H3. The van der Waals surface area contributed by atoms with Crippen molar-refractivity contribution < 1.29 is 4.79 Å². The number of hydrogen-bond donors (Lipinski definition) is 1. The van der Waals surface area contributed by atoms with Gasteiger partial charge in [-0.1, -0.05) is 27.2 Å². The summed E-state index contributed by atoms with van der Waals surface area (Å²) in [7, 11) is 0. The van der Waals surface area contributed by atoms with E-state index >= 15 is 0 Å². The van der Waals surface area contributed by atoms with Gasteiger partial charge in [-0.2, -0.15) is 0 Å². The van der Waals surface area contributed by atoms with E-state index in [9.17, 15) is 4.79 Å². The summed E-state index contributed by atoms with van der Waals surface area (Å²) in [6.07, 6.45) is 3.97. The van der Waals surface area contributed by atoms with Gasteiger partial charge >= 0.3 is 0 Å². The second-order valence-electron chi connectivity index (χ2n) is 4.87. The molecule has 0 aromatic heterocycles. The van der Waals surface area contributed by atoms with Crippen LogP contribution in [0.1, 0.15) is 46.5 Å². The lowest BCUT2D eigenvalue weighted by Gasteiger charge is -2.37. The lowest BCUT2D eigenvalue weighted by Crippen LogP contribution is -2.50. The average molecular weight is 226 g/mol. The van der Waals surface area contributed by atoms with Crippen molar-refractivity contribution in [3.63, 3.8) is 0 Å². The zero-order valence-electron chi connectivity index (χ0n) is 11.0. The van der Waals surface area contributed by atoms with Crippen molar-refractivity contribution in [1.29, 1.82) is 0 Å². The van der Waals surface area contributed by atoms with E-state index in [2.05, 4.69) is 26.1 Å². The van der Waals surface area contributed by atoms with Crippen molar-refractivity contribution in [2.45, 2.75) is 52.5 Å². The van der Waals surface area contributed by atoms with E-state index in [-0.39, 0.29) is 0 Å². The molecule has 1 rings (SSSR count). The normalized spacial score (nSPS) is 25.8. The lowest BCUT2D eigenvalue weighted by atomic mass is 9.93. The minimum Gasteiger partial charge on any atom is -0.342 e. The zero-order chi connectivity index (χ0) is 12.0. The van der Waals surface area contributed by atoms with Crippen LogP contribution in [0, 0.1) is 5.92 Å². The second kappa shape index (κ2) is 6.89. The van der Waals surface area contributed by atoms with Crippen LogP contribution in [0.5, 0.6) is 0 Å². The molecule has 1 N–H and O–H groups in total. The molecule has 2 unspecified atom stereocenters. The van der Waals surface area contributed by atoms with Crippen molar-refractivity contribution in [1.82, 2.24) is 10.2 Å². The number of rotatable bonds is 5. The van der Waals surface area contributed by atoms with Gasteiger partial charge in [0.05, 0.1) is 0 Å². The molecule has 0 aromatic rings. The third kappa shape index (κ3) is 3.78. The summed E-state index contributed by atoms with van der Waals surface area (Å²) in [5, 5.41) is 3.50. The summed E-state index contributed by atoms with van der Waals surface area (Å²) in [5.41, 5.74) is 0. The maximum absolute atomic E-state index is 11.9. The highest BCUT2D eigenvalue weighted by molar-refractivity contribution is 5.76. The van der Waals surface area contributed by atoms with Crippen LogP contribution < -0.4 is 5.32 Å². The molecule has 3 heteroatoms. The van der Waals surface area contributed by atoms with Gasteiger partial charge in [-0.15, -0.1) is 0 Å². The second-order valence-corrected chi connectivity index (χ2v) is 4.87. The molecule has 2 atom stereocenters. The highest BCUT2D eigenvalue weighted by atomic mass is 16.2. The predicted molar refractivity (Wildman–Crippen MR) is 67.4 cm³/mol.